The number of aryl methyl sites for hydroxylation is 2. The summed E-state index contributed by atoms with van der Waals surface area (Å²) in [5.74, 6) is 0.0211. The van der Waals surface area contributed by atoms with Crippen LogP contribution in [0, 0.1) is 6.92 Å². The molecular weight excluding hydrogens is 208 g/mol. The van der Waals surface area contributed by atoms with E-state index in [1.807, 2.05) is 6.92 Å². The Morgan fingerprint density at radius 1 is 1.47 bits per heavy atom. The van der Waals surface area contributed by atoms with Crippen LogP contribution in [0.2, 0.25) is 0 Å². The number of benzene rings is 1. The summed E-state index contributed by atoms with van der Waals surface area (Å²) < 4.78 is 0. The molecule has 0 saturated carbocycles. The largest absolute Gasteiger partial charge is 0.507 e. The molecule has 1 rings (SSSR count). The fourth-order valence-electron chi connectivity index (χ4n) is 1.55. The topological polar surface area (TPSA) is 37.3 Å². The first-order chi connectivity index (χ1) is 7.06. The zero-order valence-electron chi connectivity index (χ0n) is 9.08. The van der Waals surface area contributed by atoms with Gasteiger partial charge in [-0.1, -0.05) is 13.3 Å². The van der Waals surface area contributed by atoms with E-state index in [4.69, 9.17) is 0 Å². The monoisotopic (exact) mass is 224 g/mol. The van der Waals surface area contributed by atoms with E-state index < -0.39 is 0 Å². The SMILES string of the molecule is CCCCc1cc(C(=O)S)c(O)cc1C. The molecule has 1 aromatic carbocycles. The maximum atomic E-state index is 11.1. The van der Waals surface area contributed by atoms with E-state index in [1.165, 1.54) is 0 Å². The van der Waals surface area contributed by atoms with Crippen LogP contribution in [0.3, 0.4) is 0 Å². The predicted molar refractivity (Wildman–Crippen MR) is 64.8 cm³/mol. The van der Waals surface area contributed by atoms with E-state index in [0.29, 0.717) is 5.56 Å². The van der Waals surface area contributed by atoms with Crippen molar-refractivity contribution in [1.82, 2.24) is 0 Å². The number of phenolic OH excluding ortho intramolecular Hbond substituents is 1. The maximum Gasteiger partial charge on any atom is 0.220 e. The summed E-state index contributed by atoms with van der Waals surface area (Å²) in [6, 6.07) is 3.38. The van der Waals surface area contributed by atoms with Crippen molar-refractivity contribution in [2.75, 3.05) is 0 Å². The molecule has 0 radical (unpaired) electrons. The van der Waals surface area contributed by atoms with Crippen LogP contribution in [0.25, 0.3) is 0 Å². The molecule has 15 heavy (non-hydrogen) atoms. The van der Waals surface area contributed by atoms with Crippen molar-refractivity contribution in [3.63, 3.8) is 0 Å². The summed E-state index contributed by atoms with van der Waals surface area (Å²) in [5, 5.41) is 9.16. The average molecular weight is 224 g/mol. The Kier molecular flexibility index (Phi) is 4.21. The first-order valence-electron chi connectivity index (χ1n) is 5.12. The smallest absolute Gasteiger partial charge is 0.220 e. The van der Waals surface area contributed by atoms with E-state index in [-0.39, 0.29) is 10.9 Å². The van der Waals surface area contributed by atoms with Crippen LogP contribution in [0.5, 0.6) is 5.75 Å². The van der Waals surface area contributed by atoms with Crippen molar-refractivity contribution in [3.05, 3.63) is 28.8 Å². The first kappa shape index (κ1) is 12.1. The van der Waals surface area contributed by atoms with E-state index in [9.17, 15) is 9.90 Å². The van der Waals surface area contributed by atoms with Crippen molar-refractivity contribution in [1.29, 1.82) is 0 Å². The normalized spacial score (nSPS) is 10.3. The number of thiol groups is 1. The molecule has 0 aliphatic carbocycles. The molecule has 0 unspecified atom stereocenters. The van der Waals surface area contributed by atoms with Gasteiger partial charge in [0.2, 0.25) is 5.12 Å². The summed E-state index contributed by atoms with van der Waals surface area (Å²) in [5.41, 5.74) is 2.45. The Labute approximate surface area is 95.7 Å². The highest BCUT2D eigenvalue weighted by molar-refractivity contribution is 7.97. The predicted octanol–water partition coefficient (Wildman–Crippen LogP) is 3.11. The Morgan fingerprint density at radius 3 is 2.67 bits per heavy atom. The van der Waals surface area contributed by atoms with E-state index in [2.05, 4.69) is 19.6 Å². The highest BCUT2D eigenvalue weighted by atomic mass is 32.1. The van der Waals surface area contributed by atoms with Crippen LogP contribution in [0.15, 0.2) is 12.1 Å². The zero-order valence-corrected chi connectivity index (χ0v) is 9.97. The number of aromatic hydroxyl groups is 1. The molecule has 0 amide bonds. The number of unbranched alkanes of at least 4 members (excludes halogenated alkanes) is 1. The number of carbonyl (C=O) groups is 1. The number of hydrogen-bond donors (Lipinski definition) is 2. The van der Waals surface area contributed by atoms with Gasteiger partial charge in [0.05, 0.1) is 5.56 Å². The number of carbonyl (C=O) groups excluding carboxylic acids is 1. The van der Waals surface area contributed by atoms with Crippen LogP contribution in [-0.2, 0) is 6.42 Å². The van der Waals surface area contributed by atoms with Gasteiger partial charge in [-0.05, 0) is 43.0 Å². The fourth-order valence-corrected chi connectivity index (χ4v) is 1.72. The van der Waals surface area contributed by atoms with Gasteiger partial charge in [0.1, 0.15) is 5.75 Å². The minimum atomic E-state index is -0.384. The quantitative estimate of drug-likeness (QED) is 0.771. The maximum absolute atomic E-state index is 11.1. The second kappa shape index (κ2) is 5.21. The summed E-state index contributed by atoms with van der Waals surface area (Å²) in [7, 11) is 0. The molecule has 0 saturated heterocycles. The van der Waals surface area contributed by atoms with Gasteiger partial charge in [-0.15, -0.1) is 12.6 Å². The van der Waals surface area contributed by atoms with Crippen LogP contribution >= 0.6 is 12.6 Å². The Morgan fingerprint density at radius 2 is 2.13 bits per heavy atom. The molecule has 0 aliphatic rings. The summed E-state index contributed by atoms with van der Waals surface area (Å²) in [6.45, 7) is 4.07. The minimum absolute atomic E-state index is 0.0211. The third-order valence-electron chi connectivity index (χ3n) is 2.48. The van der Waals surface area contributed by atoms with E-state index >= 15 is 0 Å². The molecule has 82 valence electrons. The fraction of sp³-hybridized carbons (Fsp3) is 0.417. The molecule has 0 heterocycles. The van der Waals surface area contributed by atoms with Gasteiger partial charge in [-0.2, -0.15) is 0 Å². The molecule has 0 aromatic heterocycles. The van der Waals surface area contributed by atoms with Crippen molar-refractivity contribution in [3.8, 4) is 5.75 Å². The van der Waals surface area contributed by atoms with Crippen LogP contribution in [0.1, 0.15) is 41.3 Å². The van der Waals surface area contributed by atoms with E-state index in [1.54, 1.807) is 12.1 Å². The number of rotatable bonds is 4. The molecule has 0 atom stereocenters. The third-order valence-corrected chi connectivity index (χ3v) is 2.73. The molecule has 0 bridgehead atoms. The minimum Gasteiger partial charge on any atom is -0.507 e. The van der Waals surface area contributed by atoms with Gasteiger partial charge in [0.25, 0.3) is 0 Å². The van der Waals surface area contributed by atoms with Gasteiger partial charge < -0.3 is 5.11 Å². The molecule has 0 aliphatic heterocycles. The number of phenols is 1. The first-order valence-corrected chi connectivity index (χ1v) is 5.56. The van der Waals surface area contributed by atoms with E-state index in [0.717, 1.165) is 30.4 Å². The Hall–Kier alpha value is -0.960. The molecule has 0 spiro atoms. The average Bonchev–Trinajstić information content (AvgIpc) is 2.16. The molecular formula is C12H16O2S. The van der Waals surface area contributed by atoms with Crippen LogP contribution < -0.4 is 0 Å². The van der Waals surface area contributed by atoms with Gasteiger partial charge in [0, 0.05) is 0 Å². The second-order valence-corrected chi connectivity index (χ2v) is 4.11. The lowest BCUT2D eigenvalue weighted by Crippen LogP contribution is -1.96. The molecule has 1 aromatic rings. The Bertz CT molecular complexity index is 372. The van der Waals surface area contributed by atoms with Gasteiger partial charge in [-0.3, -0.25) is 4.79 Å². The summed E-state index contributed by atoms with van der Waals surface area (Å²) in [6.07, 6.45) is 3.15. The third kappa shape index (κ3) is 2.99. The summed E-state index contributed by atoms with van der Waals surface area (Å²) in [4.78, 5) is 11.1. The lowest BCUT2D eigenvalue weighted by Gasteiger charge is -2.08. The highest BCUT2D eigenvalue weighted by Crippen LogP contribution is 2.24. The highest BCUT2D eigenvalue weighted by Gasteiger charge is 2.10. The van der Waals surface area contributed by atoms with Gasteiger partial charge in [0.15, 0.2) is 0 Å². The van der Waals surface area contributed by atoms with Crippen molar-refractivity contribution >= 4 is 17.7 Å². The molecule has 3 heteroatoms. The molecule has 1 N–H and O–H groups in total. The summed E-state index contributed by atoms with van der Waals surface area (Å²) >= 11 is 3.73. The number of hydrogen-bond acceptors (Lipinski definition) is 2. The second-order valence-electron chi connectivity index (χ2n) is 3.70. The zero-order chi connectivity index (χ0) is 11.4. The van der Waals surface area contributed by atoms with Crippen molar-refractivity contribution in [2.45, 2.75) is 33.1 Å². The van der Waals surface area contributed by atoms with Crippen molar-refractivity contribution < 1.29 is 9.90 Å². The lowest BCUT2D eigenvalue weighted by molar-refractivity contribution is 0.108. The molecule has 2 nitrogen and oxygen atoms in total. The molecule has 0 fully saturated rings. The van der Waals surface area contributed by atoms with Crippen molar-refractivity contribution in [2.24, 2.45) is 0 Å². The lowest BCUT2D eigenvalue weighted by atomic mass is 10.00. The van der Waals surface area contributed by atoms with Gasteiger partial charge >= 0.3 is 0 Å². The van der Waals surface area contributed by atoms with Crippen LogP contribution in [0.4, 0.5) is 0 Å². The van der Waals surface area contributed by atoms with Crippen LogP contribution in [-0.4, -0.2) is 10.2 Å². The van der Waals surface area contributed by atoms with Gasteiger partial charge in [-0.25, -0.2) is 0 Å². The standard InChI is InChI=1S/C12H16O2S/c1-3-4-5-9-7-10(12(14)15)11(13)6-8(9)2/h6-7,13H,3-5H2,1-2H3,(H,14,15). The Balaban J connectivity index is 3.06.